The standard InChI is InChI=1S/C15H13NO/c1-10-7-8-12-13(9-10)11-5-3-4-6-14(11)16(2)15(12)17/h3-9H,1-2H3. The second-order valence-electron chi connectivity index (χ2n) is 4.43. The van der Waals surface area contributed by atoms with Gasteiger partial charge in [0.15, 0.2) is 0 Å². The van der Waals surface area contributed by atoms with Gasteiger partial charge in [-0.05, 0) is 24.4 Å². The molecular weight excluding hydrogens is 210 g/mol. The van der Waals surface area contributed by atoms with Crippen molar-refractivity contribution < 1.29 is 0 Å². The summed E-state index contributed by atoms with van der Waals surface area (Å²) in [4.78, 5) is 12.2. The topological polar surface area (TPSA) is 22.0 Å². The molecule has 84 valence electrons. The Balaban J connectivity index is 2.71. The van der Waals surface area contributed by atoms with E-state index in [-0.39, 0.29) is 5.56 Å². The van der Waals surface area contributed by atoms with Crippen LogP contribution in [0.15, 0.2) is 47.3 Å². The number of pyridine rings is 1. The number of fused-ring (bicyclic) bond motifs is 3. The van der Waals surface area contributed by atoms with Crippen LogP contribution in [0, 0.1) is 6.92 Å². The molecule has 17 heavy (non-hydrogen) atoms. The minimum absolute atomic E-state index is 0.0682. The molecule has 0 bridgehead atoms. The van der Waals surface area contributed by atoms with E-state index < -0.39 is 0 Å². The third kappa shape index (κ3) is 1.37. The van der Waals surface area contributed by atoms with Crippen molar-refractivity contribution in [2.45, 2.75) is 6.92 Å². The van der Waals surface area contributed by atoms with Crippen LogP contribution in [-0.4, -0.2) is 4.57 Å². The van der Waals surface area contributed by atoms with Crippen molar-refractivity contribution in [3.63, 3.8) is 0 Å². The van der Waals surface area contributed by atoms with E-state index in [2.05, 4.69) is 12.1 Å². The van der Waals surface area contributed by atoms with Gasteiger partial charge in [-0.15, -0.1) is 0 Å². The van der Waals surface area contributed by atoms with E-state index in [0.29, 0.717) is 0 Å². The Bertz CT molecular complexity index is 784. The summed E-state index contributed by atoms with van der Waals surface area (Å²) in [5.41, 5.74) is 2.23. The largest absolute Gasteiger partial charge is 0.311 e. The summed E-state index contributed by atoms with van der Waals surface area (Å²) in [6.07, 6.45) is 0. The zero-order valence-electron chi connectivity index (χ0n) is 9.90. The first kappa shape index (κ1) is 10.1. The smallest absolute Gasteiger partial charge is 0.258 e. The SMILES string of the molecule is Cc1ccc2c(=O)n(C)c3ccccc3c2c1. The molecule has 0 aliphatic carbocycles. The van der Waals surface area contributed by atoms with E-state index >= 15 is 0 Å². The van der Waals surface area contributed by atoms with Gasteiger partial charge in [0.2, 0.25) is 0 Å². The van der Waals surface area contributed by atoms with Gasteiger partial charge < -0.3 is 4.57 Å². The highest BCUT2D eigenvalue weighted by Gasteiger charge is 2.07. The van der Waals surface area contributed by atoms with Crippen LogP contribution in [0.5, 0.6) is 0 Å². The summed E-state index contributed by atoms with van der Waals surface area (Å²) in [6.45, 7) is 2.05. The molecule has 3 rings (SSSR count). The molecule has 0 radical (unpaired) electrons. The van der Waals surface area contributed by atoms with Crippen molar-refractivity contribution in [1.29, 1.82) is 0 Å². The lowest BCUT2D eigenvalue weighted by Gasteiger charge is -2.09. The lowest BCUT2D eigenvalue weighted by Crippen LogP contribution is -2.17. The molecule has 1 aromatic heterocycles. The summed E-state index contributed by atoms with van der Waals surface area (Å²) in [7, 11) is 1.82. The molecule has 0 amide bonds. The quantitative estimate of drug-likeness (QED) is 0.537. The number of aryl methyl sites for hydroxylation is 2. The first-order chi connectivity index (χ1) is 8.18. The first-order valence-electron chi connectivity index (χ1n) is 5.66. The average molecular weight is 223 g/mol. The molecule has 0 atom stereocenters. The van der Waals surface area contributed by atoms with Gasteiger partial charge >= 0.3 is 0 Å². The summed E-state index contributed by atoms with van der Waals surface area (Å²) in [5.74, 6) is 0. The zero-order chi connectivity index (χ0) is 12.0. The van der Waals surface area contributed by atoms with Gasteiger partial charge in [0, 0.05) is 17.8 Å². The fourth-order valence-electron chi connectivity index (χ4n) is 2.35. The van der Waals surface area contributed by atoms with Crippen LogP contribution >= 0.6 is 0 Å². The Morgan fingerprint density at radius 2 is 1.71 bits per heavy atom. The third-order valence-corrected chi connectivity index (χ3v) is 3.27. The number of rotatable bonds is 0. The molecule has 1 heterocycles. The molecule has 0 aliphatic heterocycles. The predicted octanol–water partition coefficient (Wildman–Crippen LogP) is 3.00. The van der Waals surface area contributed by atoms with Crippen molar-refractivity contribution in [2.24, 2.45) is 7.05 Å². The number of para-hydroxylation sites is 1. The maximum atomic E-state index is 12.2. The van der Waals surface area contributed by atoms with Crippen LogP contribution in [0.3, 0.4) is 0 Å². The number of hydrogen-bond donors (Lipinski definition) is 0. The molecule has 2 aromatic carbocycles. The fourth-order valence-corrected chi connectivity index (χ4v) is 2.35. The van der Waals surface area contributed by atoms with Gasteiger partial charge in [0.05, 0.1) is 5.52 Å². The molecule has 0 N–H and O–H groups in total. The molecule has 0 aliphatic rings. The van der Waals surface area contributed by atoms with E-state index in [4.69, 9.17) is 0 Å². The molecule has 0 saturated heterocycles. The highest BCUT2D eigenvalue weighted by Crippen LogP contribution is 2.22. The Hall–Kier alpha value is -2.09. The van der Waals surface area contributed by atoms with E-state index in [1.54, 1.807) is 4.57 Å². The maximum absolute atomic E-state index is 12.2. The van der Waals surface area contributed by atoms with Gasteiger partial charge in [-0.2, -0.15) is 0 Å². The Kier molecular flexibility index (Phi) is 2.05. The molecule has 3 aromatic rings. The van der Waals surface area contributed by atoms with Crippen LogP contribution in [0.1, 0.15) is 5.56 Å². The number of aromatic nitrogens is 1. The van der Waals surface area contributed by atoms with E-state index in [9.17, 15) is 4.79 Å². The van der Waals surface area contributed by atoms with Crippen molar-refractivity contribution in [3.8, 4) is 0 Å². The molecule has 0 fully saturated rings. The molecule has 0 spiro atoms. The Morgan fingerprint density at radius 3 is 2.53 bits per heavy atom. The minimum atomic E-state index is 0.0682. The lowest BCUT2D eigenvalue weighted by molar-refractivity contribution is 0.918. The predicted molar refractivity (Wildman–Crippen MR) is 71.4 cm³/mol. The number of benzene rings is 2. The monoisotopic (exact) mass is 223 g/mol. The van der Waals surface area contributed by atoms with Crippen molar-refractivity contribution in [1.82, 2.24) is 4.57 Å². The van der Waals surface area contributed by atoms with E-state index in [1.165, 1.54) is 5.56 Å². The summed E-state index contributed by atoms with van der Waals surface area (Å²) < 4.78 is 1.72. The summed E-state index contributed by atoms with van der Waals surface area (Å²) in [6, 6.07) is 14.0. The first-order valence-corrected chi connectivity index (χ1v) is 5.66. The Labute approximate surface area is 99.1 Å². The molecule has 0 saturated carbocycles. The second kappa shape index (κ2) is 3.45. The van der Waals surface area contributed by atoms with Crippen LogP contribution in [0.2, 0.25) is 0 Å². The number of hydrogen-bond acceptors (Lipinski definition) is 1. The van der Waals surface area contributed by atoms with Crippen LogP contribution < -0.4 is 5.56 Å². The van der Waals surface area contributed by atoms with Crippen LogP contribution in [0.25, 0.3) is 21.7 Å². The van der Waals surface area contributed by atoms with Gasteiger partial charge in [-0.3, -0.25) is 4.79 Å². The van der Waals surface area contributed by atoms with Gasteiger partial charge in [-0.1, -0.05) is 35.9 Å². The normalized spacial score (nSPS) is 11.2. The molecule has 0 unspecified atom stereocenters. The fraction of sp³-hybridized carbons (Fsp3) is 0.133. The zero-order valence-corrected chi connectivity index (χ0v) is 9.90. The average Bonchev–Trinajstić information content (AvgIpc) is 2.36. The highest BCUT2D eigenvalue weighted by atomic mass is 16.1. The number of nitrogens with zero attached hydrogens (tertiary/aromatic N) is 1. The van der Waals surface area contributed by atoms with Crippen molar-refractivity contribution >= 4 is 21.7 Å². The van der Waals surface area contributed by atoms with Gasteiger partial charge in [-0.25, -0.2) is 0 Å². The van der Waals surface area contributed by atoms with E-state index in [0.717, 1.165) is 21.7 Å². The van der Waals surface area contributed by atoms with Gasteiger partial charge in [0.25, 0.3) is 5.56 Å². The highest BCUT2D eigenvalue weighted by molar-refractivity contribution is 6.05. The van der Waals surface area contributed by atoms with Crippen molar-refractivity contribution in [2.75, 3.05) is 0 Å². The minimum Gasteiger partial charge on any atom is -0.311 e. The third-order valence-electron chi connectivity index (χ3n) is 3.27. The summed E-state index contributed by atoms with van der Waals surface area (Å²) >= 11 is 0. The van der Waals surface area contributed by atoms with E-state index in [1.807, 2.05) is 44.3 Å². The molecular formula is C15H13NO. The van der Waals surface area contributed by atoms with Crippen LogP contribution in [0.4, 0.5) is 0 Å². The lowest BCUT2D eigenvalue weighted by atomic mass is 10.0. The second-order valence-corrected chi connectivity index (χ2v) is 4.43. The van der Waals surface area contributed by atoms with Gasteiger partial charge in [0.1, 0.15) is 0 Å². The van der Waals surface area contributed by atoms with Crippen LogP contribution in [-0.2, 0) is 7.05 Å². The van der Waals surface area contributed by atoms with Crippen molar-refractivity contribution in [3.05, 3.63) is 58.4 Å². The summed E-state index contributed by atoms with van der Waals surface area (Å²) in [5, 5.41) is 2.97. The molecule has 2 nitrogen and oxygen atoms in total. The Morgan fingerprint density at radius 1 is 0.941 bits per heavy atom. The maximum Gasteiger partial charge on any atom is 0.258 e. The molecule has 2 heteroatoms.